The van der Waals surface area contributed by atoms with Gasteiger partial charge < -0.3 is 14.6 Å². The molecule has 0 aliphatic heterocycles. The quantitative estimate of drug-likeness (QED) is 0.888. The minimum absolute atomic E-state index is 0.155. The predicted molar refractivity (Wildman–Crippen MR) is 76.3 cm³/mol. The van der Waals surface area contributed by atoms with Crippen molar-refractivity contribution in [3.05, 3.63) is 40.7 Å². The number of methoxy groups -OCH3 is 1. The normalized spacial score (nSPS) is 10.6. The van der Waals surface area contributed by atoms with Crippen LogP contribution in [0.25, 0.3) is 0 Å². The van der Waals surface area contributed by atoms with E-state index in [0.717, 1.165) is 5.69 Å². The molecule has 1 N–H and O–H groups in total. The highest BCUT2D eigenvalue weighted by atomic mass is 35.5. The number of aliphatic hydroxyl groups excluding tert-OH is 1. The summed E-state index contributed by atoms with van der Waals surface area (Å²) in [5, 5.41) is 14.0. The Kier molecular flexibility index (Phi) is 4.87. The van der Waals surface area contributed by atoms with Crippen LogP contribution in [-0.2, 0) is 20.1 Å². The van der Waals surface area contributed by atoms with Crippen LogP contribution in [0.5, 0.6) is 11.5 Å². The largest absolute Gasteiger partial charge is 0.493 e. The van der Waals surface area contributed by atoms with Crippen molar-refractivity contribution in [2.45, 2.75) is 13.0 Å². The van der Waals surface area contributed by atoms with Crippen LogP contribution < -0.4 is 9.47 Å². The molecule has 0 fully saturated rings. The standard InChI is InChI=1S/C14H17ClN2O3/c1-17-12(3-5-16-17)4-6-20-14-10(9-18)7-11(15)8-13(14)19-2/h3,5,7-8,18H,4,6,9H2,1-2H3. The van der Waals surface area contributed by atoms with E-state index in [9.17, 15) is 5.11 Å². The lowest BCUT2D eigenvalue weighted by atomic mass is 10.2. The lowest BCUT2D eigenvalue weighted by Crippen LogP contribution is -2.08. The van der Waals surface area contributed by atoms with Crippen molar-refractivity contribution < 1.29 is 14.6 Å². The van der Waals surface area contributed by atoms with E-state index in [-0.39, 0.29) is 6.61 Å². The van der Waals surface area contributed by atoms with Crippen molar-refractivity contribution in [1.82, 2.24) is 9.78 Å². The zero-order valence-electron chi connectivity index (χ0n) is 11.5. The lowest BCUT2D eigenvalue weighted by Gasteiger charge is -2.14. The minimum atomic E-state index is -0.155. The topological polar surface area (TPSA) is 56.5 Å². The fourth-order valence-electron chi connectivity index (χ4n) is 1.96. The molecule has 0 saturated heterocycles. The number of benzene rings is 1. The Labute approximate surface area is 122 Å². The Bertz CT molecular complexity index is 559. The van der Waals surface area contributed by atoms with Gasteiger partial charge in [0.25, 0.3) is 0 Å². The first kappa shape index (κ1) is 14.7. The van der Waals surface area contributed by atoms with Crippen LogP contribution in [0.2, 0.25) is 5.02 Å². The summed E-state index contributed by atoms with van der Waals surface area (Å²) in [5.41, 5.74) is 1.68. The summed E-state index contributed by atoms with van der Waals surface area (Å²) in [6.07, 6.45) is 2.46. The van der Waals surface area contributed by atoms with E-state index in [1.54, 1.807) is 30.1 Å². The third-order valence-corrected chi connectivity index (χ3v) is 3.23. The Morgan fingerprint density at radius 1 is 1.40 bits per heavy atom. The number of aromatic nitrogens is 2. The average molecular weight is 297 g/mol. The maximum atomic E-state index is 9.38. The molecule has 0 spiro atoms. The van der Waals surface area contributed by atoms with Crippen LogP contribution >= 0.6 is 11.6 Å². The average Bonchev–Trinajstić information content (AvgIpc) is 2.85. The van der Waals surface area contributed by atoms with Crippen LogP contribution in [0, 0.1) is 0 Å². The van der Waals surface area contributed by atoms with Crippen molar-refractivity contribution in [2.24, 2.45) is 7.05 Å². The summed E-state index contributed by atoms with van der Waals surface area (Å²) < 4.78 is 12.8. The number of halogens is 1. The zero-order chi connectivity index (χ0) is 14.5. The monoisotopic (exact) mass is 296 g/mol. The SMILES string of the molecule is COc1cc(Cl)cc(CO)c1OCCc1ccnn1C. The summed E-state index contributed by atoms with van der Waals surface area (Å²) in [6.45, 7) is 0.308. The van der Waals surface area contributed by atoms with E-state index < -0.39 is 0 Å². The molecule has 0 radical (unpaired) electrons. The van der Waals surface area contributed by atoms with E-state index in [0.29, 0.717) is 35.1 Å². The van der Waals surface area contributed by atoms with Crippen molar-refractivity contribution in [1.29, 1.82) is 0 Å². The van der Waals surface area contributed by atoms with Crippen molar-refractivity contribution in [2.75, 3.05) is 13.7 Å². The Balaban J connectivity index is 2.10. The molecule has 0 amide bonds. The van der Waals surface area contributed by atoms with Gasteiger partial charge in [-0.3, -0.25) is 4.68 Å². The van der Waals surface area contributed by atoms with Gasteiger partial charge >= 0.3 is 0 Å². The minimum Gasteiger partial charge on any atom is -0.493 e. The van der Waals surface area contributed by atoms with Gasteiger partial charge in [0.2, 0.25) is 0 Å². The Hall–Kier alpha value is -1.72. The molecule has 1 aromatic heterocycles. The molecule has 108 valence electrons. The molecule has 6 heteroatoms. The van der Waals surface area contributed by atoms with Crippen molar-refractivity contribution in [3.63, 3.8) is 0 Å². The number of aliphatic hydroxyl groups is 1. The zero-order valence-corrected chi connectivity index (χ0v) is 12.2. The molecular formula is C14H17ClN2O3. The highest BCUT2D eigenvalue weighted by Gasteiger charge is 2.12. The number of nitrogens with zero attached hydrogens (tertiary/aromatic N) is 2. The molecule has 0 aliphatic carbocycles. The second-order valence-corrected chi connectivity index (χ2v) is 4.74. The fourth-order valence-corrected chi connectivity index (χ4v) is 2.19. The molecule has 0 aliphatic rings. The van der Waals surface area contributed by atoms with Gasteiger partial charge in [-0.05, 0) is 12.1 Å². The van der Waals surface area contributed by atoms with Gasteiger partial charge in [-0.15, -0.1) is 0 Å². The molecule has 1 aromatic carbocycles. The van der Waals surface area contributed by atoms with Crippen LogP contribution in [0.3, 0.4) is 0 Å². The van der Waals surface area contributed by atoms with Gasteiger partial charge in [0, 0.05) is 42.0 Å². The van der Waals surface area contributed by atoms with Crippen molar-refractivity contribution >= 4 is 11.6 Å². The van der Waals surface area contributed by atoms with Crippen LogP contribution in [0.1, 0.15) is 11.3 Å². The maximum absolute atomic E-state index is 9.38. The second-order valence-electron chi connectivity index (χ2n) is 4.30. The predicted octanol–water partition coefficient (Wildman–Crippen LogP) is 2.20. The van der Waals surface area contributed by atoms with Gasteiger partial charge in [0.15, 0.2) is 11.5 Å². The molecule has 2 aromatic rings. The number of hydrogen-bond acceptors (Lipinski definition) is 4. The van der Waals surface area contributed by atoms with Gasteiger partial charge in [-0.2, -0.15) is 5.10 Å². The third kappa shape index (κ3) is 3.23. The summed E-state index contributed by atoms with van der Waals surface area (Å²) in [7, 11) is 3.43. The van der Waals surface area contributed by atoms with Gasteiger partial charge in [0.1, 0.15) is 0 Å². The van der Waals surface area contributed by atoms with E-state index in [1.807, 2.05) is 13.1 Å². The van der Waals surface area contributed by atoms with Gasteiger partial charge in [-0.25, -0.2) is 0 Å². The molecule has 2 rings (SSSR count). The number of ether oxygens (including phenoxy) is 2. The Morgan fingerprint density at radius 3 is 2.80 bits per heavy atom. The lowest BCUT2D eigenvalue weighted by molar-refractivity contribution is 0.255. The fraction of sp³-hybridized carbons (Fsp3) is 0.357. The van der Waals surface area contributed by atoms with Gasteiger partial charge in [-0.1, -0.05) is 11.6 Å². The smallest absolute Gasteiger partial charge is 0.166 e. The highest BCUT2D eigenvalue weighted by molar-refractivity contribution is 6.30. The molecule has 0 unspecified atom stereocenters. The Morgan fingerprint density at radius 2 is 2.20 bits per heavy atom. The van der Waals surface area contributed by atoms with E-state index in [1.165, 1.54) is 0 Å². The highest BCUT2D eigenvalue weighted by Crippen LogP contribution is 2.34. The third-order valence-electron chi connectivity index (χ3n) is 3.01. The molecule has 1 heterocycles. The first-order valence-electron chi connectivity index (χ1n) is 6.22. The molecule has 0 atom stereocenters. The number of aryl methyl sites for hydroxylation is 1. The summed E-state index contributed by atoms with van der Waals surface area (Å²) in [4.78, 5) is 0. The number of hydrogen-bond donors (Lipinski definition) is 1. The summed E-state index contributed by atoms with van der Waals surface area (Å²) >= 11 is 5.96. The second kappa shape index (κ2) is 6.63. The van der Waals surface area contributed by atoms with Crippen molar-refractivity contribution in [3.8, 4) is 11.5 Å². The van der Waals surface area contributed by atoms with Crippen LogP contribution in [0.4, 0.5) is 0 Å². The molecular weight excluding hydrogens is 280 g/mol. The molecule has 0 saturated carbocycles. The first-order valence-corrected chi connectivity index (χ1v) is 6.60. The molecule has 0 bridgehead atoms. The van der Waals surface area contributed by atoms with Crippen LogP contribution in [-0.4, -0.2) is 28.6 Å². The van der Waals surface area contributed by atoms with E-state index in [4.69, 9.17) is 21.1 Å². The van der Waals surface area contributed by atoms with Crippen LogP contribution in [0.15, 0.2) is 24.4 Å². The maximum Gasteiger partial charge on any atom is 0.166 e. The summed E-state index contributed by atoms with van der Waals surface area (Å²) in [5.74, 6) is 1.05. The van der Waals surface area contributed by atoms with E-state index >= 15 is 0 Å². The van der Waals surface area contributed by atoms with E-state index in [2.05, 4.69) is 5.10 Å². The first-order chi connectivity index (χ1) is 9.65. The van der Waals surface area contributed by atoms with Gasteiger partial charge in [0.05, 0.1) is 20.3 Å². The summed E-state index contributed by atoms with van der Waals surface area (Å²) in [6, 6.07) is 5.28. The molecule has 20 heavy (non-hydrogen) atoms. The number of rotatable bonds is 6. The molecule has 5 nitrogen and oxygen atoms in total.